The molecule has 1 aliphatic rings. The molecule has 0 radical (unpaired) electrons. The minimum atomic E-state index is -0.474. The molecule has 2 aromatic rings. The third-order valence-electron chi connectivity index (χ3n) is 3.72. The predicted molar refractivity (Wildman–Crippen MR) is 108 cm³/mol. The van der Waals surface area contributed by atoms with Crippen molar-refractivity contribution in [2.75, 3.05) is 19.0 Å². The van der Waals surface area contributed by atoms with Gasteiger partial charge in [0.05, 0.1) is 12.0 Å². The molecule has 138 valence electrons. The molecule has 0 atom stereocenters. The number of benzene rings is 2. The Morgan fingerprint density at radius 2 is 1.81 bits per heavy atom. The molecule has 0 unspecified atom stereocenters. The average molecular weight is 447 g/mol. The maximum Gasteiger partial charge on any atom is 0.294 e. The predicted octanol–water partition coefficient (Wildman–Crippen LogP) is 4.13. The number of thioether (sulfide) groups is 1. The molecule has 1 saturated heterocycles. The van der Waals surface area contributed by atoms with Crippen LogP contribution >= 0.6 is 27.7 Å². The summed E-state index contributed by atoms with van der Waals surface area (Å²) >= 11 is 4.17. The molecule has 1 heterocycles. The SMILES string of the molecule is COc1ccc(NC(=O)CN2C(=O)S/C(=C/c3ccc(Br)cc3)C2=O)cc1. The van der Waals surface area contributed by atoms with Gasteiger partial charge < -0.3 is 10.1 Å². The Labute approximate surface area is 168 Å². The number of hydrogen-bond acceptors (Lipinski definition) is 5. The van der Waals surface area contributed by atoms with E-state index in [-0.39, 0.29) is 6.54 Å². The number of ether oxygens (including phenoxy) is 1. The summed E-state index contributed by atoms with van der Waals surface area (Å²) in [5, 5.41) is 2.19. The van der Waals surface area contributed by atoms with Gasteiger partial charge in [0, 0.05) is 10.2 Å². The van der Waals surface area contributed by atoms with E-state index >= 15 is 0 Å². The third-order valence-corrected chi connectivity index (χ3v) is 5.15. The van der Waals surface area contributed by atoms with Crippen molar-refractivity contribution in [3.63, 3.8) is 0 Å². The second-order valence-corrected chi connectivity index (χ2v) is 7.50. The van der Waals surface area contributed by atoms with Gasteiger partial charge in [-0.05, 0) is 59.8 Å². The molecule has 0 saturated carbocycles. The fourth-order valence-electron chi connectivity index (χ4n) is 2.37. The van der Waals surface area contributed by atoms with Crippen LogP contribution in [0.25, 0.3) is 6.08 Å². The van der Waals surface area contributed by atoms with Crippen LogP contribution in [0.5, 0.6) is 5.75 Å². The molecule has 0 bridgehead atoms. The number of imide groups is 1. The molecule has 0 aliphatic carbocycles. The van der Waals surface area contributed by atoms with Crippen LogP contribution in [0.3, 0.4) is 0 Å². The summed E-state index contributed by atoms with van der Waals surface area (Å²) in [6.07, 6.45) is 1.64. The van der Waals surface area contributed by atoms with E-state index in [2.05, 4.69) is 21.2 Å². The van der Waals surface area contributed by atoms with Crippen LogP contribution in [0.1, 0.15) is 5.56 Å². The highest BCUT2D eigenvalue weighted by atomic mass is 79.9. The van der Waals surface area contributed by atoms with Gasteiger partial charge in [0.15, 0.2) is 0 Å². The van der Waals surface area contributed by atoms with Crippen molar-refractivity contribution in [1.29, 1.82) is 0 Å². The first kappa shape index (κ1) is 19.2. The maximum absolute atomic E-state index is 12.5. The van der Waals surface area contributed by atoms with Crippen LogP contribution in [0, 0.1) is 0 Å². The van der Waals surface area contributed by atoms with E-state index in [1.165, 1.54) is 0 Å². The van der Waals surface area contributed by atoms with Gasteiger partial charge in [0.2, 0.25) is 5.91 Å². The summed E-state index contributed by atoms with van der Waals surface area (Å²) in [5.74, 6) is -0.262. The summed E-state index contributed by atoms with van der Waals surface area (Å²) in [6.45, 7) is -0.339. The molecule has 0 spiro atoms. The minimum absolute atomic E-state index is 0.291. The van der Waals surface area contributed by atoms with Crippen LogP contribution in [0.4, 0.5) is 10.5 Å². The van der Waals surface area contributed by atoms with E-state index in [1.54, 1.807) is 37.5 Å². The number of carbonyl (C=O) groups is 3. The van der Waals surface area contributed by atoms with E-state index in [0.29, 0.717) is 16.3 Å². The number of methoxy groups -OCH3 is 1. The molecule has 3 amide bonds. The topological polar surface area (TPSA) is 75.7 Å². The first-order valence-corrected chi connectivity index (χ1v) is 9.52. The normalized spacial score (nSPS) is 15.3. The van der Waals surface area contributed by atoms with Gasteiger partial charge in [-0.15, -0.1) is 0 Å². The van der Waals surface area contributed by atoms with E-state index in [1.807, 2.05) is 24.3 Å². The minimum Gasteiger partial charge on any atom is -0.497 e. The van der Waals surface area contributed by atoms with Crippen molar-refractivity contribution in [3.8, 4) is 5.75 Å². The smallest absolute Gasteiger partial charge is 0.294 e. The Morgan fingerprint density at radius 3 is 2.44 bits per heavy atom. The van der Waals surface area contributed by atoms with Crippen LogP contribution < -0.4 is 10.1 Å². The van der Waals surface area contributed by atoms with Gasteiger partial charge >= 0.3 is 0 Å². The Bertz CT molecular complexity index is 910. The second kappa shape index (κ2) is 8.41. The van der Waals surface area contributed by atoms with Crippen molar-refractivity contribution in [3.05, 3.63) is 63.5 Å². The summed E-state index contributed by atoms with van der Waals surface area (Å²) in [5.41, 5.74) is 1.35. The Balaban J connectivity index is 1.65. The van der Waals surface area contributed by atoms with Crippen LogP contribution in [0.2, 0.25) is 0 Å². The molecule has 0 aromatic heterocycles. The maximum atomic E-state index is 12.5. The van der Waals surface area contributed by atoms with E-state index < -0.39 is 17.1 Å². The lowest BCUT2D eigenvalue weighted by Gasteiger charge is -2.12. The molecule has 1 fully saturated rings. The monoisotopic (exact) mass is 446 g/mol. The van der Waals surface area contributed by atoms with Gasteiger partial charge in [0.1, 0.15) is 12.3 Å². The summed E-state index contributed by atoms with van der Waals surface area (Å²) in [7, 11) is 1.55. The number of halogens is 1. The van der Waals surface area contributed by atoms with E-state index in [0.717, 1.165) is 26.7 Å². The fourth-order valence-corrected chi connectivity index (χ4v) is 3.47. The highest BCUT2D eigenvalue weighted by molar-refractivity contribution is 9.10. The second-order valence-electron chi connectivity index (χ2n) is 5.60. The number of hydrogen-bond donors (Lipinski definition) is 1. The number of carbonyl (C=O) groups excluding carboxylic acids is 3. The van der Waals surface area contributed by atoms with Gasteiger partial charge in [-0.2, -0.15) is 0 Å². The molecule has 8 heteroatoms. The van der Waals surface area contributed by atoms with Gasteiger partial charge in [-0.1, -0.05) is 28.1 Å². The number of amides is 3. The van der Waals surface area contributed by atoms with Gasteiger partial charge in [-0.3, -0.25) is 19.3 Å². The number of nitrogens with zero attached hydrogens (tertiary/aromatic N) is 1. The number of nitrogens with one attached hydrogen (secondary N) is 1. The van der Waals surface area contributed by atoms with Gasteiger partial charge in [-0.25, -0.2) is 0 Å². The molecule has 1 N–H and O–H groups in total. The fraction of sp³-hybridized carbons (Fsp3) is 0.105. The quantitative estimate of drug-likeness (QED) is 0.698. The van der Waals surface area contributed by atoms with Crippen molar-refractivity contribution in [1.82, 2.24) is 4.90 Å². The Morgan fingerprint density at radius 1 is 1.15 bits per heavy atom. The summed E-state index contributed by atoms with van der Waals surface area (Å²) in [6, 6.07) is 14.1. The Kier molecular flexibility index (Phi) is 5.98. The molecular formula is C19H15BrN2O4S. The van der Waals surface area contributed by atoms with E-state index in [4.69, 9.17) is 4.74 Å². The summed E-state index contributed by atoms with van der Waals surface area (Å²) < 4.78 is 5.97. The van der Waals surface area contributed by atoms with E-state index in [9.17, 15) is 14.4 Å². The lowest BCUT2D eigenvalue weighted by Crippen LogP contribution is -2.36. The van der Waals surface area contributed by atoms with Crippen molar-refractivity contribution in [2.45, 2.75) is 0 Å². The molecule has 27 heavy (non-hydrogen) atoms. The first-order valence-electron chi connectivity index (χ1n) is 7.91. The number of rotatable bonds is 5. The van der Waals surface area contributed by atoms with Crippen molar-refractivity contribution < 1.29 is 19.1 Å². The molecule has 2 aromatic carbocycles. The standard InChI is InChI=1S/C19H15BrN2O4S/c1-26-15-8-6-14(7-9-15)21-17(23)11-22-18(24)16(27-19(22)25)10-12-2-4-13(20)5-3-12/h2-10H,11H2,1H3,(H,21,23)/b16-10+. The Hall–Kier alpha value is -2.58. The van der Waals surface area contributed by atoms with Crippen LogP contribution in [-0.2, 0) is 9.59 Å². The molecule has 6 nitrogen and oxygen atoms in total. The molecule has 1 aliphatic heterocycles. The molecule has 3 rings (SSSR count). The highest BCUT2D eigenvalue weighted by Gasteiger charge is 2.36. The zero-order chi connectivity index (χ0) is 19.4. The zero-order valence-electron chi connectivity index (χ0n) is 14.3. The van der Waals surface area contributed by atoms with Crippen LogP contribution in [0.15, 0.2) is 57.9 Å². The average Bonchev–Trinajstić information content (AvgIpc) is 2.91. The first-order chi connectivity index (χ1) is 13.0. The highest BCUT2D eigenvalue weighted by Crippen LogP contribution is 2.32. The van der Waals surface area contributed by atoms with Crippen molar-refractivity contribution in [2.24, 2.45) is 0 Å². The largest absolute Gasteiger partial charge is 0.497 e. The summed E-state index contributed by atoms with van der Waals surface area (Å²) in [4.78, 5) is 38.0. The van der Waals surface area contributed by atoms with Gasteiger partial charge in [0.25, 0.3) is 11.1 Å². The van der Waals surface area contributed by atoms with Crippen LogP contribution in [-0.4, -0.2) is 35.6 Å². The molecular weight excluding hydrogens is 432 g/mol. The third kappa shape index (κ3) is 4.78. The lowest BCUT2D eigenvalue weighted by atomic mass is 10.2. The van der Waals surface area contributed by atoms with Crippen molar-refractivity contribution >= 4 is 56.5 Å². The number of anilines is 1. The zero-order valence-corrected chi connectivity index (χ0v) is 16.7. The lowest BCUT2D eigenvalue weighted by molar-refractivity contribution is -0.127.